The summed E-state index contributed by atoms with van der Waals surface area (Å²) in [5, 5.41) is 4.04. The standard InChI is InChI=1S/C29H27F2N3O3S/c1-36-20-9-10-25(37-2)23(15-20)32-29(35)34-16-22-21-6-3-4-8-26(21)38-28(22)33-11-5-7-24(33)27(34)17-12-18(30)14-19(31)13-17/h5,7,9-15,27H,3-4,6,8,16H2,1-2H3,(H,32,35)/t27-/m0/s1. The third-order valence-electron chi connectivity index (χ3n) is 7.29. The van der Waals surface area contributed by atoms with Crippen molar-refractivity contribution in [3.63, 3.8) is 0 Å². The van der Waals surface area contributed by atoms with Gasteiger partial charge >= 0.3 is 6.03 Å². The van der Waals surface area contributed by atoms with E-state index >= 15 is 0 Å². The van der Waals surface area contributed by atoms with E-state index in [0.717, 1.165) is 48.0 Å². The van der Waals surface area contributed by atoms with Crippen LogP contribution in [0.25, 0.3) is 5.00 Å². The van der Waals surface area contributed by atoms with Crippen LogP contribution in [0.15, 0.2) is 54.7 Å². The summed E-state index contributed by atoms with van der Waals surface area (Å²) < 4.78 is 41.8. The van der Waals surface area contributed by atoms with Crippen LogP contribution in [-0.4, -0.2) is 29.7 Å². The fourth-order valence-corrected chi connectivity index (χ4v) is 6.97. The average Bonchev–Trinajstić information content (AvgIpc) is 3.49. The molecule has 0 saturated heterocycles. The lowest BCUT2D eigenvalue weighted by Crippen LogP contribution is -2.38. The molecule has 1 aliphatic heterocycles. The van der Waals surface area contributed by atoms with Crippen LogP contribution in [0.3, 0.4) is 0 Å². The minimum Gasteiger partial charge on any atom is -0.497 e. The van der Waals surface area contributed by atoms with Crippen molar-refractivity contribution in [3.8, 4) is 16.5 Å². The molecule has 9 heteroatoms. The van der Waals surface area contributed by atoms with E-state index in [0.29, 0.717) is 29.3 Å². The summed E-state index contributed by atoms with van der Waals surface area (Å²) in [5.74, 6) is -0.350. The van der Waals surface area contributed by atoms with Crippen LogP contribution in [0.4, 0.5) is 19.3 Å². The van der Waals surface area contributed by atoms with Gasteiger partial charge in [0.05, 0.1) is 32.1 Å². The van der Waals surface area contributed by atoms with Crippen molar-refractivity contribution < 1.29 is 23.0 Å². The van der Waals surface area contributed by atoms with Crippen molar-refractivity contribution in [1.29, 1.82) is 0 Å². The summed E-state index contributed by atoms with van der Waals surface area (Å²) in [6.07, 6.45) is 6.19. The number of aryl methyl sites for hydroxylation is 1. The molecule has 6 nitrogen and oxygen atoms in total. The molecule has 2 amide bonds. The number of halogens is 2. The van der Waals surface area contributed by atoms with Crippen molar-refractivity contribution in [1.82, 2.24) is 9.47 Å². The summed E-state index contributed by atoms with van der Waals surface area (Å²) in [5.41, 5.74) is 3.94. The maximum Gasteiger partial charge on any atom is 0.323 e. The van der Waals surface area contributed by atoms with E-state index in [1.807, 2.05) is 18.3 Å². The van der Waals surface area contributed by atoms with Gasteiger partial charge in [-0.15, -0.1) is 11.3 Å². The first-order valence-electron chi connectivity index (χ1n) is 12.5. The highest BCUT2D eigenvalue weighted by Gasteiger charge is 2.36. The molecule has 196 valence electrons. The van der Waals surface area contributed by atoms with Gasteiger partial charge in [-0.25, -0.2) is 13.6 Å². The zero-order chi connectivity index (χ0) is 26.4. The van der Waals surface area contributed by atoms with Gasteiger partial charge in [0, 0.05) is 28.8 Å². The van der Waals surface area contributed by atoms with Gasteiger partial charge < -0.3 is 24.3 Å². The van der Waals surface area contributed by atoms with Crippen LogP contribution in [0.5, 0.6) is 11.5 Å². The molecule has 3 heterocycles. The molecular weight excluding hydrogens is 508 g/mol. The Morgan fingerprint density at radius 3 is 2.55 bits per heavy atom. The number of urea groups is 1. The van der Waals surface area contributed by atoms with Gasteiger partial charge in [0.25, 0.3) is 0 Å². The number of carbonyl (C=O) groups is 1. The van der Waals surface area contributed by atoms with E-state index in [-0.39, 0.29) is 0 Å². The molecule has 0 spiro atoms. The molecule has 1 N–H and O–H groups in total. The maximum atomic E-state index is 14.5. The van der Waals surface area contributed by atoms with Gasteiger partial charge in [-0.1, -0.05) is 0 Å². The highest BCUT2D eigenvalue weighted by atomic mass is 32.1. The van der Waals surface area contributed by atoms with Crippen LogP contribution < -0.4 is 14.8 Å². The predicted octanol–water partition coefficient (Wildman–Crippen LogP) is 6.85. The first-order chi connectivity index (χ1) is 18.5. The Morgan fingerprint density at radius 1 is 1.00 bits per heavy atom. The molecule has 1 aliphatic carbocycles. The molecule has 0 bridgehead atoms. The third kappa shape index (κ3) is 4.20. The van der Waals surface area contributed by atoms with Crippen LogP contribution >= 0.6 is 11.3 Å². The Morgan fingerprint density at radius 2 is 1.79 bits per heavy atom. The van der Waals surface area contributed by atoms with E-state index in [9.17, 15) is 13.6 Å². The number of hydrogen-bond donors (Lipinski definition) is 1. The summed E-state index contributed by atoms with van der Waals surface area (Å²) in [6, 6.07) is 11.3. The molecule has 1 atom stereocenters. The third-order valence-corrected chi connectivity index (χ3v) is 8.62. The highest BCUT2D eigenvalue weighted by molar-refractivity contribution is 7.15. The van der Waals surface area contributed by atoms with E-state index in [2.05, 4.69) is 9.88 Å². The lowest BCUT2D eigenvalue weighted by Gasteiger charge is -2.31. The molecule has 38 heavy (non-hydrogen) atoms. The number of methoxy groups -OCH3 is 2. The number of benzene rings is 2. The van der Waals surface area contributed by atoms with E-state index < -0.39 is 23.7 Å². The largest absolute Gasteiger partial charge is 0.497 e. The predicted molar refractivity (Wildman–Crippen MR) is 143 cm³/mol. The lowest BCUT2D eigenvalue weighted by atomic mass is 9.95. The van der Waals surface area contributed by atoms with Crippen LogP contribution in [0, 0.1) is 11.6 Å². The second-order valence-corrected chi connectivity index (χ2v) is 10.6. The Labute approximate surface area is 223 Å². The Hall–Kier alpha value is -3.85. The number of amides is 2. The zero-order valence-electron chi connectivity index (χ0n) is 21.1. The highest BCUT2D eigenvalue weighted by Crippen LogP contribution is 2.44. The Kier molecular flexibility index (Phi) is 6.31. The lowest BCUT2D eigenvalue weighted by molar-refractivity contribution is 0.194. The SMILES string of the molecule is COc1ccc(OC)c(NC(=O)N2Cc3c(sc4c3CCCC4)-n3cccc3[C@@H]2c2cc(F)cc(F)c2)c1. The molecule has 2 aromatic heterocycles. The van der Waals surface area contributed by atoms with Crippen molar-refractivity contribution in [2.45, 2.75) is 38.3 Å². The van der Waals surface area contributed by atoms with Crippen LogP contribution in [0.2, 0.25) is 0 Å². The fraction of sp³-hybridized carbons (Fsp3) is 0.276. The van der Waals surface area contributed by atoms with Gasteiger partial charge in [0.1, 0.15) is 34.2 Å². The first-order valence-corrected chi connectivity index (χ1v) is 13.3. The van der Waals surface area contributed by atoms with Gasteiger partial charge in [-0.3, -0.25) is 0 Å². The quantitative estimate of drug-likeness (QED) is 0.311. The monoisotopic (exact) mass is 535 g/mol. The second kappa shape index (κ2) is 9.79. The normalized spacial score (nSPS) is 16.2. The number of anilines is 1. The number of carbonyl (C=O) groups excluding carboxylic acids is 1. The van der Waals surface area contributed by atoms with E-state index in [1.165, 1.54) is 29.7 Å². The number of nitrogens with one attached hydrogen (secondary N) is 1. The van der Waals surface area contributed by atoms with Gasteiger partial charge in [0.2, 0.25) is 0 Å². The number of hydrogen-bond acceptors (Lipinski definition) is 4. The number of fused-ring (bicyclic) bond motifs is 5. The molecular formula is C29H27F2N3O3S. The van der Waals surface area contributed by atoms with Crippen molar-refractivity contribution in [2.24, 2.45) is 0 Å². The first kappa shape index (κ1) is 24.5. The topological polar surface area (TPSA) is 55.7 Å². The van der Waals surface area contributed by atoms with Gasteiger partial charge in [-0.05, 0) is 73.2 Å². The minimum atomic E-state index is -0.731. The molecule has 0 radical (unpaired) electrons. The average molecular weight is 536 g/mol. The molecule has 4 aromatic rings. The van der Waals surface area contributed by atoms with E-state index in [1.54, 1.807) is 41.5 Å². The zero-order valence-corrected chi connectivity index (χ0v) is 21.9. The number of ether oxygens (including phenoxy) is 2. The molecule has 2 aromatic carbocycles. The molecule has 6 rings (SSSR count). The second-order valence-electron chi connectivity index (χ2n) is 9.53. The van der Waals surface area contributed by atoms with Crippen molar-refractivity contribution >= 4 is 23.1 Å². The number of thiophene rings is 1. The van der Waals surface area contributed by atoms with Crippen LogP contribution in [0.1, 0.15) is 46.1 Å². The van der Waals surface area contributed by atoms with Crippen molar-refractivity contribution in [3.05, 3.63) is 93.6 Å². The minimum absolute atomic E-state index is 0.295. The van der Waals surface area contributed by atoms with Gasteiger partial charge in [0.15, 0.2) is 0 Å². The molecule has 0 saturated carbocycles. The summed E-state index contributed by atoms with van der Waals surface area (Å²) in [4.78, 5) is 17.1. The van der Waals surface area contributed by atoms with Gasteiger partial charge in [-0.2, -0.15) is 0 Å². The van der Waals surface area contributed by atoms with Crippen molar-refractivity contribution in [2.75, 3.05) is 19.5 Å². The smallest absolute Gasteiger partial charge is 0.323 e. The molecule has 2 aliphatic rings. The summed E-state index contributed by atoms with van der Waals surface area (Å²) >= 11 is 1.75. The number of nitrogens with zero attached hydrogens (tertiary/aromatic N) is 2. The summed E-state index contributed by atoms with van der Waals surface area (Å²) in [6.45, 7) is 0.295. The number of rotatable bonds is 4. The summed E-state index contributed by atoms with van der Waals surface area (Å²) in [7, 11) is 3.07. The molecule has 0 fully saturated rings. The Balaban J connectivity index is 1.51. The Bertz CT molecular complexity index is 1510. The molecule has 0 unspecified atom stereocenters. The maximum absolute atomic E-state index is 14.5. The van der Waals surface area contributed by atoms with E-state index in [4.69, 9.17) is 9.47 Å². The fourth-order valence-electron chi connectivity index (χ4n) is 5.57. The number of aromatic nitrogens is 1. The van der Waals surface area contributed by atoms with Crippen LogP contribution in [-0.2, 0) is 19.4 Å².